The highest BCUT2D eigenvalue weighted by molar-refractivity contribution is 5.41. The molecular formula is C13H21NO. The Morgan fingerprint density at radius 1 is 1.13 bits per heavy atom. The zero-order chi connectivity index (χ0) is 11.8. The number of hydrogen-bond acceptors (Lipinski definition) is 2. The molecule has 0 heterocycles. The second kappa shape index (κ2) is 3.95. The van der Waals surface area contributed by atoms with E-state index in [1.54, 1.807) is 13.8 Å². The van der Waals surface area contributed by atoms with Crippen LogP contribution >= 0.6 is 0 Å². The molecule has 1 aromatic carbocycles. The van der Waals surface area contributed by atoms with Gasteiger partial charge >= 0.3 is 0 Å². The molecule has 0 aliphatic carbocycles. The highest BCUT2D eigenvalue weighted by Crippen LogP contribution is 2.28. The van der Waals surface area contributed by atoms with Crippen molar-refractivity contribution in [3.05, 3.63) is 34.4 Å². The summed E-state index contributed by atoms with van der Waals surface area (Å²) in [6, 6.07) is 3.74. The van der Waals surface area contributed by atoms with Crippen molar-refractivity contribution < 1.29 is 5.11 Å². The number of hydrogen-bond donors (Lipinski definition) is 2. The van der Waals surface area contributed by atoms with Gasteiger partial charge in [0.25, 0.3) is 0 Å². The van der Waals surface area contributed by atoms with Gasteiger partial charge in [0.15, 0.2) is 0 Å². The molecule has 2 nitrogen and oxygen atoms in total. The summed E-state index contributed by atoms with van der Waals surface area (Å²) < 4.78 is 0. The SMILES string of the molecule is Cc1ccc(C(N)C(C)(C)O)c(C)c1C. The van der Waals surface area contributed by atoms with Gasteiger partial charge < -0.3 is 10.8 Å². The predicted molar refractivity (Wildman–Crippen MR) is 63.9 cm³/mol. The third-order valence-corrected chi connectivity index (χ3v) is 3.20. The van der Waals surface area contributed by atoms with Gasteiger partial charge in [-0.3, -0.25) is 0 Å². The smallest absolute Gasteiger partial charge is 0.0783 e. The number of aryl methyl sites for hydroxylation is 1. The molecule has 0 spiro atoms. The molecule has 0 amide bonds. The van der Waals surface area contributed by atoms with E-state index >= 15 is 0 Å². The summed E-state index contributed by atoms with van der Waals surface area (Å²) in [4.78, 5) is 0. The first-order chi connectivity index (χ1) is 6.75. The molecule has 1 atom stereocenters. The van der Waals surface area contributed by atoms with E-state index in [1.807, 2.05) is 6.07 Å². The van der Waals surface area contributed by atoms with Crippen LogP contribution in [0.5, 0.6) is 0 Å². The Balaban J connectivity index is 3.23. The molecule has 1 unspecified atom stereocenters. The molecule has 0 bridgehead atoms. The molecule has 0 aromatic heterocycles. The molecule has 15 heavy (non-hydrogen) atoms. The molecule has 0 aliphatic heterocycles. The van der Waals surface area contributed by atoms with Crippen LogP contribution in [0.3, 0.4) is 0 Å². The average molecular weight is 207 g/mol. The van der Waals surface area contributed by atoms with Crippen LogP contribution in [0, 0.1) is 20.8 Å². The molecule has 0 saturated carbocycles. The fourth-order valence-corrected chi connectivity index (χ4v) is 1.69. The standard InChI is InChI=1S/C13H21NO/c1-8-6-7-11(10(3)9(8)2)12(14)13(4,5)15/h6-7,12,15H,14H2,1-5H3. The van der Waals surface area contributed by atoms with Crippen molar-refractivity contribution in [3.8, 4) is 0 Å². The second-order valence-corrected chi connectivity index (χ2v) is 4.85. The van der Waals surface area contributed by atoms with Crippen LogP contribution in [0.2, 0.25) is 0 Å². The van der Waals surface area contributed by atoms with Gasteiger partial charge in [0.1, 0.15) is 0 Å². The number of nitrogens with two attached hydrogens (primary N) is 1. The van der Waals surface area contributed by atoms with Crippen molar-refractivity contribution in [2.24, 2.45) is 5.73 Å². The van der Waals surface area contributed by atoms with Gasteiger partial charge in [-0.1, -0.05) is 12.1 Å². The molecule has 0 aliphatic rings. The molecular weight excluding hydrogens is 186 g/mol. The summed E-state index contributed by atoms with van der Waals surface area (Å²) in [5, 5.41) is 9.90. The summed E-state index contributed by atoms with van der Waals surface area (Å²) in [5.74, 6) is 0. The first kappa shape index (κ1) is 12.2. The van der Waals surface area contributed by atoms with E-state index in [-0.39, 0.29) is 6.04 Å². The Bertz CT molecular complexity index is 364. The Morgan fingerprint density at radius 3 is 2.13 bits per heavy atom. The van der Waals surface area contributed by atoms with Crippen molar-refractivity contribution in [2.75, 3.05) is 0 Å². The summed E-state index contributed by atoms with van der Waals surface area (Å²) in [6.07, 6.45) is 0. The third kappa shape index (κ3) is 2.39. The Kier molecular flexibility index (Phi) is 3.22. The Hall–Kier alpha value is -0.860. The quantitative estimate of drug-likeness (QED) is 0.782. The zero-order valence-electron chi connectivity index (χ0n) is 10.3. The normalized spacial score (nSPS) is 14.1. The van der Waals surface area contributed by atoms with E-state index in [2.05, 4.69) is 26.8 Å². The fourth-order valence-electron chi connectivity index (χ4n) is 1.69. The maximum atomic E-state index is 9.90. The Morgan fingerprint density at radius 2 is 1.67 bits per heavy atom. The van der Waals surface area contributed by atoms with Crippen LogP contribution in [-0.4, -0.2) is 10.7 Å². The van der Waals surface area contributed by atoms with E-state index in [1.165, 1.54) is 16.7 Å². The number of benzene rings is 1. The lowest BCUT2D eigenvalue weighted by atomic mass is 9.87. The van der Waals surface area contributed by atoms with E-state index in [4.69, 9.17) is 5.73 Å². The zero-order valence-corrected chi connectivity index (χ0v) is 10.3. The van der Waals surface area contributed by atoms with Crippen molar-refractivity contribution >= 4 is 0 Å². The van der Waals surface area contributed by atoms with Crippen LogP contribution in [0.15, 0.2) is 12.1 Å². The van der Waals surface area contributed by atoms with Crippen molar-refractivity contribution in [2.45, 2.75) is 46.3 Å². The van der Waals surface area contributed by atoms with Gasteiger partial charge in [-0.2, -0.15) is 0 Å². The topological polar surface area (TPSA) is 46.2 Å². The largest absolute Gasteiger partial charge is 0.388 e. The summed E-state index contributed by atoms with van der Waals surface area (Å²) in [7, 11) is 0. The van der Waals surface area contributed by atoms with Gasteiger partial charge in [-0.25, -0.2) is 0 Å². The Labute approximate surface area is 92.1 Å². The lowest BCUT2D eigenvalue weighted by Gasteiger charge is -2.28. The van der Waals surface area contributed by atoms with Crippen molar-refractivity contribution in [1.29, 1.82) is 0 Å². The van der Waals surface area contributed by atoms with Gasteiger partial charge in [0, 0.05) is 0 Å². The molecule has 0 saturated heterocycles. The van der Waals surface area contributed by atoms with Crippen LogP contribution in [0.4, 0.5) is 0 Å². The van der Waals surface area contributed by atoms with Crippen molar-refractivity contribution in [3.63, 3.8) is 0 Å². The average Bonchev–Trinajstić information content (AvgIpc) is 2.12. The maximum Gasteiger partial charge on any atom is 0.0783 e. The van der Waals surface area contributed by atoms with E-state index < -0.39 is 5.60 Å². The number of rotatable bonds is 2. The molecule has 0 radical (unpaired) electrons. The van der Waals surface area contributed by atoms with Crippen LogP contribution < -0.4 is 5.73 Å². The summed E-state index contributed by atoms with van der Waals surface area (Å²) in [6.45, 7) is 9.72. The van der Waals surface area contributed by atoms with Crippen LogP contribution in [0.25, 0.3) is 0 Å². The third-order valence-electron chi connectivity index (χ3n) is 3.20. The van der Waals surface area contributed by atoms with Crippen LogP contribution in [-0.2, 0) is 0 Å². The van der Waals surface area contributed by atoms with Crippen LogP contribution in [0.1, 0.15) is 42.1 Å². The van der Waals surface area contributed by atoms with Crippen molar-refractivity contribution in [1.82, 2.24) is 0 Å². The molecule has 2 heteroatoms. The molecule has 84 valence electrons. The van der Waals surface area contributed by atoms with E-state index in [0.717, 1.165) is 5.56 Å². The lowest BCUT2D eigenvalue weighted by Crippen LogP contribution is -2.35. The molecule has 1 rings (SSSR count). The first-order valence-corrected chi connectivity index (χ1v) is 5.29. The molecule has 3 N–H and O–H groups in total. The minimum absolute atomic E-state index is 0.336. The van der Waals surface area contributed by atoms with Gasteiger partial charge in [0.2, 0.25) is 0 Å². The minimum atomic E-state index is -0.882. The minimum Gasteiger partial charge on any atom is -0.388 e. The summed E-state index contributed by atoms with van der Waals surface area (Å²) in [5.41, 5.74) is 9.90. The highest BCUT2D eigenvalue weighted by atomic mass is 16.3. The van der Waals surface area contributed by atoms with E-state index in [0.29, 0.717) is 0 Å². The molecule has 1 aromatic rings. The van der Waals surface area contributed by atoms with Gasteiger partial charge in [-0.15, -0.1) is 0 Å². The summed E-state index contributed by atoms with van der Waals surface area (Å²) >= 11 is 0. The van der Waals surface area contributed by atoms with Gasteiger partial charge in [0.05, 0.1) is 11.6 Å². The molecule has 0 fully saturated rings. The van der Waals surface area contributed by atoms with E-state index in [9.17, 15) is 5.11 Å². The maximum absolute atomic E-state index is 9.90. The monoisotopic (exact) mass is 207 g/mol. The second-order valence-electron chi connectivity index (χ2n) is 4.85. The predicted octanol–water partition coefficient (Wildman–Crippen LogP) is 2.38. The fraction of sp³-hybridized carbons (Fsp3) is 0.538. The first-order valence-electron chi connectivity index (χ1n) is 5.29. The highest BCUT2D eigenvalue weighted by Gasteiger charge is 2.26. The number of aliphatic hydroxyl groups is 1. The lowest BCUT2D eigenvalue weighted by molar-refractivity contribution is 0.0515. The van der Waals surface area contributed by atoms with Gasteiger partial charge in [-0.05, 0) is 56.9 Å².